The number of nitrogens with zero attached hydrogens (tertiary/aromatic N) is 2. The van der Waals surface area contributed by atoms with Gasteiger partial charge in [0, 0.05) is 11.5 Å². The number of rotatable bonds is 2. The van der Waals surface area contributed by atoms with Crippen LogP contribution in [-0.2, 0) is 0 Å². The lowest BCUT2D eigenvalue weighted by atomic mass is 9.92. The molecule has 1 unspecified atom stereocenters. The molecule has 1 saturated carbocycles. The van der Waals surface area contributed by atoms with Gasteiger partial charge in [0.25, 0.3) is 0 Å². The van der Waals surface area contributed by atoms with Gasteiger partial charge in [0.15, 0.2) is 0 Å². The van der Waals surface area contributed by atoms with Crippen LogP contribution in [0.1, 0.15) is 31.1 Å². The normalized spacial score (nSPS) is 22.8. The number of nitrogens with one attached hydrogen (secondary N) is 1. The van der Waals surface area contributed by atoms with Crippen LogP contribution in [0.15, 0.2) is 28.7 Å². The molecule has 112 valence electrons. The summed E-state index contributed by atoms with van der Waals surface area (Å²) in [5.74, 6) is 1.23. The molecule has 1 saturated heterocycles. The minimum atomic E-state index is -0.288. The van der Waals surface area contributed by atoms with Gasteiger partial charge >= 0.3 is 0 Å². The van der Waals surface area contributed by atoms with Crippen LogP contribution in [0.4, 0.5) is 4.39 Å². The summed E-state index contributed by atoms with van der Waals surface area (Å²) < 4.78 is 19.0. The van der Waals surface area contributed by atoms with Gasteiger partial charge in [-0.3, -0.25) is 0 Å². The molecule has 1 spiro atoms. The maximum absolute atomic E-state index is 13.2. The van der Waals surface area contributed by atoms with Gasteiger partial charge in [-0.2, -0.15) is 0 Å². The molecule has 4 rings (SSSR count). The second kappa shape index (κ2) is 5.39. The smallest absolute Gasteiger partial charge is 0.247 e. The third-order valence-electron chi connectivity index (χ3n) is 4.60. The van der Waals surface area contributed by atoms with E-state index >= 15 is 0 Å². The van der Waals surface area contributed by atoms with Crippen molar-refractivity contribution in [3.8, 4) is 11.5 Å². The Balaban J connectivity index is 0.00000132. The second-order valence-electron chi connectivity index (χ2n) is 5.82. The van der Waals surface area contributed by atoms with Crippen LogP contribution in [-0.4, -0.2) is 23.3 Å². The molecule has 2 fully saturated rings. The predicted molar refractivity (Wildman–Crippen MR) is 78.8 cm³/mol. The molecule has 2 aromatic rings. The Bertz CT molecular complexity index is 639. The third-order valence-corrected chi connectivity index (χ3v) is 4.60. The van der Waals surface area contributed by atoms with Crippen molar-refractivity contribution in [2.24, 2.45) is 5.41 Å². The first kappa shape index (κ1) is 14.5. The predicted octanol–water partition coefficient (Wildman–Crippen LogP) is 3.15. The molecule has 0 amide bonds. The Hall–Kier alpha value is -1.46. The van der Waals surface area contributed by atoms with E-state index in [1.54, 1.807) is 12.1 Å². The van der Waals surface area contributed by atoms with Crippen LogP contribution in [0.3, 0.4) is 0 Å². The lowest BCUT2D eigenvalue weighted by Gasteiger charge is -2.22. The van der Waals surface area contributed by atoms with Crippen LogP contribution < -0.4 is 5.32 Å². The van der Waals surface area contributed by atoms with Gasteiger partial charge in [0.2, 0.25) is 11.8 Å². The first-order valence-corrected chi connectivity index (χ1v) is 7.07. The average molecular weight is 310 g/mol. The van der Waals surface area contributed by atoms with Gasteiger partial charge in [-0.05, 0) is 56.0 Å². The van der Waals surface area contributed by atoms with Crippen molar-refractivity contribution in [2.45, 2.75) is 25.2 Å². The molecule has 0 bridgehead atoms. The highest BCUT2D eigenvalue weighted by Gasteiger charge is 2.57. The van der Waals surface area contributed by atoms with Gasteiger partial charge in [-0.25, -0.2) is 4.39 Å². The molecule has 1 N–H and O–H groups in total. The number of benzene rings is 1. The molecule has 2 aliphatic rings. The Labute approximate surface area is 128 Å². The number of aromatic nitrogens is 2. The zero-order valence-electron chi connectivity index (χ0n) is 11.5. The molecule has 2 heterocycles. The summed E-state index contributed by atoms with van der Waals surface area (Å²) >= 11 is 0. The first-order chi connectivity index (χ1) is 9.77. The summed E-state index contributed by atoms with van der Waals surface area (Å²) in [5.41, 5.74) is 1.01. The fourth-order valence-electron chi connectivity index (χ4n) is 3.29. The van der Waals surface area contributed by atoms with E-state index in [4.69, 9.17) is 4.42 Å². The maximum atomic E-state index is 13.2. The van der Waals surface area contributed by atoms with Gasteiger partial charge in [-0.1, -0.05) is 6.07 Å². The highest BCUT2D eigenvalue weighted by Crippen LogP contribution is 2.63. The topological polar surface area (TPSA) is 51.0 Å². The van der Waals surface area contributed by atoms with E-state index in [2.05, 4.69) is 15.5 Å². The first-order valence-electron chi connectivity index (χ1n) is 7.07. The molecule has 1 aromatic carbocycles. The molecule has 1 aromatic heterocycles. The van der Waals surface area contributed by atoms with Crippen LogP contribution >= 0.6 is 12.4 Å². The van der Waals surface area contributed by atoms with E-state index in [9.17, 15) is 4.39 Å². The molecule has 1 atom stereocenters. The van der Waals surface area contributed by atoms with Crippen LogP contribution in [0.25, 0.3) is 11.5 Å². The molecule has 21 heavy (non-hydrogen) atoms. The van der Waals surface area contributed by atoms with E-state index in [0.29, 0.717) is 28.7 Å². The van der Waals surface area contributed by atoms with Gasteiger partial charge in [-0.15, -0.1) is 22.6 Å². The van der Waals surface area contributed by atoms with Gasteiger partial charge < -0.3 is 9.73 Å². The zero-order valence-corrected chi connectivity index (χ0v) is 12.3. The highest BCUT2D eigenvalue weighted by molar-refractivity contribution is 5.85. The van der Waals surface area contributed by atoms with E-state index in [1.807, 2.05) is 0 Å². The summed E-state index contributed by atoms with van der Waals surface area (Å²) in [4.78, 5) is 0. The van der Waals surface area contributed by atoms with Crippen molar-refractivity contribution in [3.63, 3.8) is 0 Å². The molecular formula is C15H17ClFN3O. The maximum Gasteiger partial charge on any atom is 0.247 e. The molecule has 4 nitrogen and oxygen atoms in total. The summed E-state index contributed by atoms with van der Waals surface area (Å²) in [6.07, 6.45) is 3.49. The molecule has 0 radical (unpaired) electrons. The third kappa shape index (κ3) is 2.56. The van der Waals surface area contributed by atoms with Crippen LogP contribution in [0.2, 0.25) is 0 Å². The minimum Gasteiger partial charge on any atom is -0.420 e. The summed E-state index contributed by atoms with van der Waals surface area (Å²) in [6, 6.07) is 6.27. The van der Waals surface area contributed by atoms with Crippen molar-refractivity contribution in [1.29, 1.82) is 0 Å². The number of halogens is 2. The summed E-state index contributed by atoms with van der Waals surface area (Å²) in [5, 5.41) is 11.6. The quantitative estimate of drug-likeness (QED) is 0.926. The van der Waals surface area contributed by atoms with Gasteiger partial charge in [0.05, 0.1) is 0 Å². The monoisotopic (exact) mass is 309 g/mol. The Morgan fingerprint density at radius 2 is 2.05 bits per heavy atom. The van der Waals surface area contributed by atoms with Crippen molar-refractivity contribution in [3.05, 3.63) is 36.0 Å². The molecular weight excluding hydrogens is 293 g/mol. The number of hydrogen-bond acceptors (Lipinski definition) is 4. The van der Waals surface area contributed by atoms with Crippen molar-refractivity contribution >= 4 is 12.4 Å². The largest absolute Gasteiger partial charge is 0.420 e. The fraction of sp³-hybridized carbons (Fsp3) is 0.467. The summed E-state index contributed by atoms with van der Waals surface area (Å²) in [6.45, 7) is 2.14. The minimum absolute atomic E-state index is 0. The van der Waals surface area contributed by atoms with E-state index in [1.165, 1.54) is 25.0 Å². The molecule has 1 aliphatic heterocycles. The average Bonchev–Trinajstić information content (AvgIpc) is 2.95. The molecule has 1 aliphatic carbocycles. The van der Waals surface area contributed by atoms with E-state index in [-0.39, 0.29) is 18.2 Å². The van der Waals surface area contributed by atoms with Crippen LogP contribution in [0.5, 0.6) is 0 Å². The Morgan fingerprint density at radius 1 is 1.24 bits per heavy atom. The lowest BCUT2D eigenvalue weighted by Crippen LogP contribution is -2.29. The second-order valence-corrected chi connectivity index (χ2v) is 5.82. The Kier molecular flexibility index (Phi) is 3.71. The van der Waals surface area contributed by atoms with E-state index < -0.39 is 0 Å². The van der Waals surface area contributed by atoms with Crippen LogP contribution in [0, 0.1) is 11.2 Å². The van der Waals surface area contributed by atoms with Gasteiger partial charge in [0.1, 0.15) is 5.82 Å². The lowest BCUT2D eigenvalue weighted by molar-refractivity contribution is 0.328. The van der Waals surface area contributed by atoms with Crippen molar-refractivity contribution < 1.29 is 8.81 Å². The highest BCUT2D eigenvalue weighted by atomic mass is 35.5. The SMILES string of the molecule is Cl.Fc1cccc(-c2nnc(C3CC34CCNCC4)o2)c1. The van der Waals surface area contributed by atoms with Crippen molar-refractivity contribution in [2.75, 3.05) is 13.1 Å². The Morgan fingerprint density at radius 3 is 2.81 bits per heavy atom. The molecule has 6 heteroatoms. The number of hydrogen-bond donors (Lipinski definition) is 1. The van der Waals surface area contributed by atoms with Crippen molar-refractivity contribution in [1.82, 2.24) is 15.5 Å². The number of piperidine rings is 1. The summed E-state index contributed by atoms with van der Waals surface area (Å²) in [7, 11) is 0. The zero-order chi connectivity index (χ0) is 13.6. The fourth-order valence-corrected chi connectivity index (χ4v) is 3.29. The standard InChI is InChI=1S/C15H16FN3O.ClH/c16-11-3-1-2-10(8-11)13-18-19-14(20-13)12-9-15(12)4-6-17-7-5-15;/h1-3,8,12,17H,4-7,9H2;1H. The van der Waals surface area contributed by atoms with E-state index in [0.717, 1.165) is 19.5 Å².